The van der Waals surface area contributed by atoms with Gasteiger partial charge < -0.3 is 4.90 Å². The van der Waals surface area contributed by atoms with E-state index in [0.717, 1.165) is 5.69 Å². The van der Waals surface area contributed by atoms with Gasteiger partial charge in [0.05, 0.1) is 17.0 Å². The zero-order valence-corrected chi connectivity index (χ0v) is 17.8. The maximum atomic E-state index is 13.1. The molecular formula is C21H16ClN3O2S2. The second kappa shape index (κ2) is 8.41. The highest BCUT2D eigenvalue weighted by Gasteiger charge is 2.17. The Bertz CT molecular complexity index is 1240. The number of hydrogen-bond acceptors (Lipinski definition) is 5. The molecule has 0 spiro atoms. The molecule has 29 heavy (non-hydrogen) atoms. The van der Waals surface area contributed by atoms with E-state index in [0.29, 0.717) is 26.1 Å². The van der Waals surface area contributed by atoms with Gasteiger partial charge in [-0.25, -0.2) is 4.98 Å². The smallest absolute Gasteiger partial charge is 0.276 e. The third kappa shape index (κ3) is 4.07. The first kappa shape index (κ1) is 19.7. The summed E-state index contributed by atoms with van der Waals surface area (Å²) < 4.78 is 2.16. The van der Waals surface area contributed by atoms with Crippen molar-refractivity contribution in [3.8, 4) is 5.69 Å². The summed E-state index contributed by atoms with van der Waals surface area (Å²) in [5, 5.41) is 2.90. The minimum absolute atomic E-state index is 0.114. The number of nitrogens with zero attached hydrogens (tertiary/aromatic N) is 3. The number of hydrogen-bond donors (Lipinski definition) is 0. The van der Waals surface area contributed by atoms with E-state index >= 15 is 0 Å². The van der Waals surface area contributed by atoms with Gasteiger partial charge in [-0.3, -0.25) is 14.2 Å². The lowest BCUT2D eigenvalue weighted by molar-refractivity contribution is -0.115. The van der Waals surface area contributed by atoms with Crippen LogP contribution >= 0.6 is 34.7 Å². The Labute approximate surface area is 180 Å². The number of benzene rings is 2. The molecule has 146 valence electrons. The second-order valence-corrected chi connectivity index (χ2v) is 8.52. The van der Waals surface area contributed by atoms with Gasteiger partial charge in [-0.15, -0.1) is 11.3 Å². The molecule has 4 aromatic rings. The fraction of sp³-hybridized carbons (Fsp3) is 0.0952. The number of rotatable bonds is 5. The van der Waals surface area contributed by atoms with E-state index in [1.54, 1.807) is 34.7 Å². The quantitative estimate of drug-likeness (QED) is 0.328. The van der Waals surface area contributed by atoms with Crippen molar-refractivity contribution in [1.29, 1.82) is 0 Å². The third-order valence-electron chi connectivity index (χ3n) is 4.36. The molecule has 0 aliphatic heterocycles. The van der Waals surface area contributed by atoms with Gasteiger partial charge in [0.1, 0.15) is 4.70 Å². The minimum atomic E-state index is -0.130. The van der Waals surface area contributed by atoms with E-state index < -0.39 is 0 Å². The summed E-state index contributed by atoms with van der Waals surface area (Å²) in [4.78, 5) is 32.0. The van der Waals surface area contributed by atoms with Gasteiger partial charge in [0.15, 0.2) is 5.16 Å². The molecular weight excluding hydrogens is 426 g/mol. The maximum Gasteiger partial charge on any atom is 0.276 e. The Balaban J connectivity index is 1.65. The average molecular weight is 442 g/mol. The van der Waals surface area contributed by atoms with Gasteiger partial charge in [0.2, 0.25) is 5.91 Å². The number of carbonyl (C=O) groups excluding carboxylic acids is 1. The van der Waals surface area contributed by atoms with Crippen LogP contribution in [0, 0.1) is 0 Å². The Hall–Kier alpha value is -2.61. The lowest BCUT2D eigenvalue weighted by Crippen LogP contribution is -2.28. The van der Waals surface area contributed by atoms with Crippen LogP contribution in [0.2, 0.25) is 5.02 Å². The number of thioether (sulfide) groups is 1. The molecule has 1 amide bonds. The Morgan fingerprint density at radius 3 is 2.72 bits per heavy atom. The van der Waals surface area contributed by atoms with E-state index in [1.165, 1.54) is 23.1 Å². The summed E-state index contributed by atoms with van der Waals surface area (Å²) >= 11 is 8.64. The van der Waals surface area contributed by atoms with Gasteiger partial charge in [-0.05, 0) is 41.8 Å². The fourth-order valence-corrected chi connectivity index (χ4v) is 4.72. The molecule has 0 aliphatic carbocycles. The first-order chi connectivity index (χ1) is 14.0. The standard InChI is InChI=1S/C21H16ClN3O2S2/c1-24(16-9-5-6-14(22)12-16)18(26)13-29-21-23-17-10-11-28-19(17)20(27)25(21)15-7-3-2-4-8-15/h2-12H,13H2,1H3. The molecule has 0 fully saturated rings. The van der Waals surface area contributed by atoms with E-state index in [4.69, 9.17) is 11.6 Å². The van der Waals surface area contributed by atoms with Crippen LogP contribution in [0.1, 0.15) is 0 Å². The van der Waals surface area contributed by atoms with Crippen LogP contribution < -0.4 is 10.5 Å². The molecule has 0 bridgehead atoms. The Morgan fingerprint density at radius 1 is 1.17 bits per heavy atom. The number of halogens is 1. The van der Waals surface area contributed by atoms with Gasteiger partial charge in [-0.2, -0.15) is 0 Å². The zero-order valence-electron chi connectivity index (χ0n) is 15.4. The van der Waals surface area contributed by atoms with Crippen LogP contribution in [0.3, 0.4) is 0 Å². The summed E-state index contributed by atoms with van der Waals surface area (Å²) in [5.74, 6) is 0.0225. The number of fused-ring (bicyclic) bond motifs is 1. The van der Waals surface area contributed by atoms with Crippen LogP contribution in [0.15, 0.2) is 76.0 Å². The molecule has 5 nitrogen and oxygen atoms in total. The molecule has 2 aromatic carbocycles. The molecule has 0 atom stereocenters. The van der Waals surface area contributed by atoms with Crippen molar-refractivity contribution in [2.24, 2.45) is 0 Å². The largest absolute Gasteiger partial charge is 0.315 e. The SMILES string of the molecule is CN(C(=O)CSc1nc2ccsc2c(=O)n1-c1ccccc1)c1cccc(Cl)c1. The fourth-order valence-electron chi connectivity index (χ4n) is 2.85. The van der Waals surface area contributed by atoms with Crippen molar-refractivity contribution in [2.75, 3.05) is 17.7 Å². The van der Waals surface area contributed by atoms with E-state index in [-0.39, 0.29) is 17.2 Å². The molecule has 2 aromatic heterocycles. The summed E-state index contributed by atoms with van der Waals surface area (Å²) in [7, 11) is 1.70. The van der Waals surface area contributed by atoms with Crippen LogP contribution in [0.4, 0.5) is 5.69 Å². The summed E-state index contributed by atoms with van der Waals surface area (Å²) in [5.41, 5.74) is 1.95. The van der Waals surface area contributed by atoms with E-state index in [9.17, 15) is 9.59 Å². The van der Waals surface area contributed by atoms with Gasteiger partial charge in [0, 0.05) is 17.8 Å². The highest BCUT2D eigenvalue weighted by molar-refractivity contribution is 7.99. The van der Waals surface area contributed by atoms with Crippen molar-refractivity contribution >= 4 is 56.5 Å². The number of thiophene rings is 1. The average Bonchev–Trinajstić information content (AvgIpc) is 3.21. The molecule has 0 radical (unpaired) electrons. The van der Waals surface area contributed by atoms with Gasteiger partial charge in [-0.1, -0.05) is 47.6 Å². The molecule has 4 rings (SSSR count). The molecule has 0 unspecified atom stereocenters. The minimum Gasteiger partial charge on any atom is -0.315 e. The second-order valence-electron chi connectivity index (χ2n) is 6.23. The first-order valence-corrected chi connectivity index (χ1v) is 11.0. The maximum absolute atomic E-state index is 13.1. The van der Waals surface area contributed by atoms with Gasteiger partial charge in [0.25, 0.3) is 5.56 Å². The number of amides is 1. The number of para-hydroxylation sites is 1. The lowest BCUT2D eigenvalue weighted by atomic mass is 10.3. The molecule has 2 heterocycles. The normalized spacial score (nSPS) is 11.0. The van der Waals surface area contributed by atoms with Crippen LogP contribution in [-0.2, 0) is 4.79 Å². The molecule has 0 aliphatic rings. The number of anilines is 1. The summed E-state index contributed by atoms with van der Waals surface area (Å²) in [6, 6.07) is 18.3. The highest BCUT2D eigenvalue weighted by atomic mass is 35.5. The Kier molecular flexibility index (Phi) is 5.71. The van der Waals surface area contributed by atoms with Crippen molar-refractivity contribution in [3.63, 3.8) is 0 Å². The number of carbonyl (C=O) groups is 1. The molecule has 0 saturated carbocycles. The van der Waals surface area contributed by atoms with Crippen LogP contribution in [-0.4, -0.2) is 28.3 Å². The predicted molar refractivity (Wildman–Crippen MR) is 121 cm³/mol. The van der Waals surface area contributed by atoms with Crippen LogP contribution in [0.5, 0.6) is 0 Å². The Morgan fingerprint density at radius 2 is 1.97 bits per heavy atom. The highest BCUT2D eigenvalue weighted by Crippen LogP contribution is 2.25. The van der Waals surface area contributed by atoms with Crippen molar-refractivity contribution in [2.45, 2.75) is 5.16 Å². The predicted octanol–water partition coefficient (Wildman–Crippen LogP) is 4.86. The molecule has 0 N–H and O–H groups in total. The topological polar surface area (TPSA) is 55.2 Å². The van der Waals surface area contributed by atoms with Crippen molar-refractivity contribution < 1.29 is 4.79 Å². The third-order valence-corrected chi connectivity index (χ3v) is 6.41. The van der Waals surface area contributed by atoms with E-state index in [1.807, 2.05) is 47.8 Å². The lowest BCUT2D eigenvalue weighted by Gasteiger charge is -2.18. The molecule has 8 heteroatoms. The summed E-state index contributed by atoms with van der Waals surface area (Å²) in [6.45, 7) is 0. The summed E-state index contributed by atoms with van der Waals surface area (Å²) in [6.07, 6.45) is 0. The first-order valence-electron chi connectivity index (χ1n) is 8.75. The van der Waals surface area contributed by atoms with Crippen LogP contribution in [0.25, 0.3) is 15.9 Å². The zero-order chi connectivity index (χ0) is 20.4. The number of aromatic nitrogens is 2. The van der Waals surface area contributed by atoms with E-state index in [2.05, 4.69) is 4.98 Å². The molecule has 0 saturated heterocycles. The van der Waals surface area contributed by atoms with Crippen molar-refractivity contribution in [3.05, 3.63) is 81.4 Å². The van der Waals surface area contributed by atoms with Crippen molar-refractivity contribution in [1.82, 2.24) is 9.55 Å². The van der Waals surface area contributed by atoms with Gasteiger partial charge >= 0.3 is 0 Å². The monoisotopic (exact) mass is 441 g/mol.